The summed E-state index contributed by atoms with van der Waals surface area (Å²) in [6.07, 6.45) is 4.92. The summed E-state index contributed by atoms with van der Waals surface area (Å²) in [5.74, 6) is -1.18. The fraction of sp³-hybridized carbons (Fsp3) is 0.588. The highest BCUT2D eigenvalue weighted by Gasteiger charge is 2.55. The number of benzene rings is 1. The topological polar surface area (TPSA) is 60.4 Å². The van der Waals surface area contributed by atoms with Crippen molar-refractivity contribution in [3.05, 3.63) is 30.3 Å². The first-order valence-electron chi connectivity index (χ1n) is 8.05. The Hall–Kier alpha value is -0.880. The van der Waals surface area contributed by atoms with Gasteiger partial charge in [0.05, 0.1) is 16.6 Å². The third-order valence-electron chi connectivity index (χ3n) is 5.14. The van der Waals surface area contributed by atoms with Crippen molar-refractivity contribution >= 4 is 31.7 Å². The number of carbonyl (C=O) groups excluding carboxylic acids is 1. The summed E-state index contributed by atoms with van der Waals surface area (Å²) in [5.41, 5.74) is -0.463. The SMILES string of the molecule is O=C1OC2(CCCCC2)[C@@H](CBr)[C@@H]1CS(=O)(=O)c1ccccc1. The van der Waals surface area contributed by atoms with Gasteiger partial charge in [0.1, 0.15) is 5.60 Å². The van der Waals surface area contributed by atoms with Gasteiger partial charge in [0.25, 0.3) is 0 Å². The van der Waals surface area contributed by atoms with E-state index in [2.05, 4.69) is 15.9 Å². The molecule has 1 aliphatic heterocycles. The zero-order chi connectivity index (χ0) is 16.5. The van der Waals surface area contributed by atoms with E-state index in [-0.39, 0.29) is 22.5 Å². The third kappa shape index (κ3) is 3.20. The molecule has 3 rings (SSSR count). The molecule has 2 fully saturated rings. The Morgan fingerprint density at radius 3 is 2.39 bits per heavy atom. The Morgan fingerprint density at radius 2 is 1.78 bits per heavy atom. The molecule has 0 unspecified atom stereocenters. The van der Waals surface area contributed by atoms with E-state index in [9.17, 15) is 13.2 Å². The van der Waals surface area contributed by atoms with Gasteiger partial charge < -0.3 is 4.74 Å². The minimum absolute atomic E-state index is 0.0752. The molecule has 1 aromatic carbocycles. The second kappa shape index (κ2) is 6.55. The molecule has 0 aromatic heterocycles. The van der Waals surface area contributed by atoms with Gasteiger partial charge in [-0.05, 0) is 37.8 Å². The number of carbonyl (C=O) groups is 1. The van der Waals surface area contributed by atoms with Gasteiger partial charge in [-0.1, -0.05) is 40.5 Å². The van der Waals surface area contributed by atoms with Crippen molar-refractivity contribution in [2.75, 3.05) is 11.1 Å². The van der Waals surface area contributed by atoms with Gasteiger partial charge in [-0.2, -0.15) is 0 Å². The van der Waals surface area contributed by atoms with Crippen LogP contribution in [-0.2, 0) is 19.4 Å². The van der Waals surface area contributed by atoms with Crippen molar-refractivity contribution in [1.29, 1.82) is 0 Å². The number of hydrogen-bond donors (Lipinski definition) is 0. The number of esters is 1. The quantitative estimate of drug-likeness (QED) is 0.574. The van der Waals surface area contributed by atoms with Crippen LogP contribution >= 0.6 is 15.9 Å². The molecule has 0 N–H and O–H groups in total. The Labute approximate surface area is 145 Å². The molecule has 0 bridgehead atoms. The van der Waals surface area contributed by atoms with Crippen LogP contribution in [0.5, 0.6) is 0 Å². The number of hydrogen-bond acceptors (Lipinski definition) is 4. The molecular weight excluding hydrogens is 380 g/mol. The monoisotopic (exact) mass is 400 g/mol. The smallest absolute Gasteiger partial charge is 0.311 e. The van der Waals surface area contributed by atoms with Gasteiger partial charge in [0, 0.05) is 11.2 Å². The fourth-order valence-corrected chi connectivity index (χ4v) is 6.55. The molecule has 4 nitrogen and oxygen atoms in total. The molecular formula is C17H21BrO4S. The Bertz CT molecular complexity index is 665. The highest BCUT2D eigenvalue weighted by atomic mass is 79.9. The van der Waals surface area contributed by atoms with Crippen LogP contribution in [0.1, 0.15) is 32.1 Å². The van der Waals surface area contributed by atoms with Gasteiger partial charge in [-0.15, -0.1) is 0 Å². The van der Waals surface area contributed by atoms with Crippen LogP contribution in [0.15, 0.2) is 35.2 Å². The predicted octanol–water partition coefficient (Wildman–Crippen LogP) is 3.35. The van der Waals surface area contributed by atoms with Crippen LogP contribution in [0.2, 0.25) is 0 Å². The predicted molar refractivity (Wildman–Crippen MR) is 91.2 cm³/mol. The first-order valence-corrected chi connectivity index (χ1v) is 10.8. The van der Waals surface area contributed by atoms with E-state index in [1.807, 2.05) is 0 Å². The summed E-state index contributed by atoms with van der Waals surface area (Å²) >= 11 is 3.49. The average Bonchev–Trinajstić information content (AvgIpc) is 2.79. The maximum atomic E-state index is 12.6. The second-order valence-electron chi connectivity index (χ2n) is 6.51. The van der Waals surface area contributed by atoms with E-state index in [1.54, 1.807) is 30.3 Å². The van der Waals surface area contributed by atoms with Gasteiger partial charge in [0.15, 0.2) is 9.84 Å². The van der Waals surface area contributed by atoms with Crippen molar-refractivity contribution in [3.8, 4) is 0 Å². The molecule has 6 heteroatoms. The third-order valence-corrected chi connectivity index (χ3v) is 7.62. The molecule has 1 aliphatic carbocycles. The molecule has 2 atom stereocenters. The lowest BCUT2D eigenvalue weighted by molar-refractivity contribution is -0.153. The highest BCUT2D eigenvalue weighted by molar-refractivity contribution is 9.09. The van der Waals surface area contributed by atoms with Crippen LogP contribution in [0.4, 0.5) is 0 Å². The molecule has 23 heavy (non-hydrogen) atoms. The standard InChI is InChI=1S/C17H21BrO4S/c18-11-15-14(12-23(20,21)13-7-3-1-4-8-13)16(19)22-17(15)9-5-2-6-10-17/h1,3-4,7-8,14-15H,2,5-6,9-12H2/t14-,15-/m0/s1. The zero-order valence-corrected chi connectivity index (χ0v) is 15.3. The average molecular weight is 401 g/mol. The van der Waals surface area contributed by atoms with E-state index in [0.29, 0.717) is 5.33 Å². The van der Waals surface area contributed by atoms with Gasteiger partial charge in [-0.25, -0.2) is 8.42 Å². The Morgan fingerprint density at radius 1 is 1.13 bits per heavy atom. The molecule has 1 heterocycles. The molecule has 1 spiro atoms. The molecule has 1 aromatic rings. The molecule has 126 valence electrons. The van der Waals surface area contributed by atoms with Gasteiger partial charge in [0.2, 0.25) is 0 Å². The fourth-order valence-electron chi connectivity index (χ4n) is 3.90. The lowest BCUT2D eigenvalue weighted by atomic mass is 9.74. The number of alkyl halides is 1. The lowest BCUT2D eigenvalue weighted by Crippen LogP contribution is -2.41. The summed E-state index contributed by atoms with van der Waals surface area (Å²) in [6, 6.07) is 8.33. The number of halogens is 1. The van der Waals surface area contributed by atoms with E-state index in [0.717, 1.165) is 32.1 Å². The Kier molecular flexibility index (Phi) is 4.83. The van der Waals surface area contributed by atoms with Crippen LogP contribution in [0.3, 0.4) is 0 Å². The normalized spacial score (nSPS) is 27.1. The summed E-state index contributed by atoms with van der Waals surface area (Å²) in [5, 5.41) is 0.591. The largest absolute Gasteiger partial charge is 0.458 e. The first-order chi connectivity index (χ1) is 11.0. The number of ether oxygens (including phenoxy) is 1. The summed E-state index contributed by atoms with van der Waals surface area (Å²) in [6.45, 7) is 0. The molecule has 2 aliphatic rings. The number of rotatable bonds is 4. The number of sulfone groups is 1. The van der Waals surface area contributed by atoms with Crippen LogP contribution in [0.25, 0.3) is 0 Å². The minimum Gasteiger partial charge on any atom is -0.458 e. The van der Waals surface area contributed by atoms with E-state index < -0.39 is 21.4 Å². The zero-order valence-electron chi connectivity index (χ0n) is 12.9. The molecule has 0 radical (unpaired) electrons. The van der Waals surface area contributed by atoms with Crippen LogP contribution in [-0.4, -0.2) is 31.1 Å². The van der Waals surface area contributed by atoms with Gasteiger partial charge in [-0.3, -0.25) is 4.79 Å². The molecule has 0 amide bonds. The van der Waals surface area contributed by atoms with E-state index in [1.165, 1.54) is 0 Å². The van der Waals surface area contributed by atoms with Crippen LogP contribution < -0.4 is 0 Å². The van der Waals surface area contributed by atoms with E-state index in [4.69, 9.17) is 4.74 Å². The van der Waals surface area contributed by atoms with Crippen molar-refractivity contribution in [1.82, 2.24) is 0 Å². The maximum absolute atomic E-state index is 12.6. The second-order valence-corrected chi connectivity index (χ2v) is 9.19. The highest BCUT2D eigenvalue weighted by Crippen LogP contribution is 2.48. The first kappa shape index (κ1) is 17.0. The molecule has 1 saturated heterocycles. The van der Waals surface area contributed by atoms with Gasteiger partial charge >= 0.3 is 5.97 Å². The van der Waals surface area contributed by atoms with Crippen LogP contribution in [0, 0.1) is 11.8 Å². The van der Waals surface area contributed by atoms with Crippen molar-refractivity contribution in [2.24, 2.45) is 11.8 Å². The van der Waals surface area contributed by atoms with Crippen molar-refractivity contribution in [2.45, 2.75) is 42.6 Å². The van der Waals surface area contributed by atoms with Crippen molar-refractivity contribution in [3.63, 3.8) is 0 Å². The Balaban J connectivity index is 1.86. The summed E-state index contributed by atoms with van der Waals surface area (Å²) in [4.78, 5) is 12.7. The summed E-state index contributed by atoms with van der Waals surface area (Å²) < 4.78 is 31.0. The van der Waals surface area contributed by atoms with E-state index >= 15 is 0 Å². The minimum atomic E-state index is -3.50. The maximum Gasteiger partial charge on any atom is 0.311 e. The van der Waals surface area contributed by atoms with Crippen molar-refractivity contribution < 1.29 is 17.9 Å². The lowest BCUT2D eigenvalue weighted by Gasteiger charge is -2.37. The molecule has 1 saturated carbocycles. The summed E-state index contributed by atoms with van der Waals surface area (Å²) in [7, 11) is -3.50.